The van der Waals surface area contributed by atoms with Crippen LogP contribution in [0.3, 0.4) is 0 Å². The number of rotatable bonds is 19. The summed E-state index contributed by atoms with van der Waals surface area (Å²) in [5.74, 6) is 0. The Morgan fingerprint density at radius 3 is 1.22 bits per heavy atom. The zero-order valence-corrected chi connectivity index (χ0v) is 20.3. The van der Waals surface area contributed by atoms with Gasteiger partial charge >= 0.3 is 0 Å². The molecule has 0 radical (unpaired) electrons. The highest BCUT2D eigenvalue weighted by Crippen LogP contribution is 1.87. The number of unbranched alkanes of at least 4 members (excludes halogenated alkanes) is 1. The van der Waals surface area contributed by atoms with E-state index in [1.54, 1.807) is 14.0 Å². The minimum atomic E-state index is -0.352. The van der Waals surface area contributed by atoms with Gasteiger partial charge in [0.2, 0.25) is 0 Å². The molecular formula is C21H50O11. The maximum absolute atomic E-state index is 8.39. The third-order valence-electron chi connectivity index (χ3n) is 2.94. The Labute approximate surface area is 193 Å². The molecule has 11 heteroatoms. The Balaban J connectivity index is -0.000000168. The molecule has 0 heterocycles. The van der Waals surface area contributed by atoms with Crippen LogP contribution >= 0.6 is 0 Å². The lowest BCUT2D eigenvalue weighted by Crippen LogP contribution is -2.07. The Morgan fingerprint density at radius 2 is 0.938 bits per heavy atom. The normalized spacial score (nSPS) is 10.8. The summed E-state index contributed by atoms with van der Waals surface area (Å²) in [6.45, 7) is 8.76. The fourth-order valence-corrected chi connectivity index (χ4v) is 1.36. The summed E-state index contributed by atoms with van der Waals surface area (Å²) < 4.78 is 24.4. The predicted octanol–water partition coefficient (Wildman–Crippen LogP) is -0.809. The van der Waals surface area contributed by atoms with E-state index in [0.29, 0.717) is 59.3 Å². The molecule has 1 atom stereocenters. The zero-order valence-electron chi connectivity index (χ0n) is 20.3. The third kappa shape index (κ3) is 63.0. The molecule has 6 N–H and O–H groups in total. The number of hydrogen-bond acceptors (Lipinski definition) is 11. The lowest BCUT2D eigenvalue weighted by molar-refractivity contribution is 0.0324. The van der Waals surface area contributed by atoms with E-state index < -0.39 is 0 Å². The zero-order chi connectivity index (χ0) is 25.1. The summed E-state index contributed by atoms with van der Waals surface area (Å²) >= 11 is 0. The summed E-state index contributed by atoms with van der Waals surface area (Å²) in [6, 6.07) is 0. The number of methoxy groups -OCH3 is 1. The average molecular weight is 479 g/mol. The van der Waals surface area contributed by atoms with Crippen molar-refractivity contribution in [2.24, 2.45) is 0 Å². The van der Waals surface area contributed by atoms with Gasteiger partial charge in [-0.15, -0.1) is 0 Å². The molecule has 32 heavy (non-hydrogen) atoms. The van der Waals surface area contributed by atoms with Crippen molar-refractivity contribution in [3.8, 4) is 0 Å². The topological polar surface area (TPSA) is 168 Å². The molecule has 0 aliphatic rings. The first kappa shape index (κ1) is 38.8. The Hall–Kier alpha value is -0.440. The van der Waals surface area contributed by atoms with Gasteiger partial charge in [-0.2, -0.15) is 0 Å². The highest BCUT2D eigenvalue weighted by Gasteiger charge is 1.89. The summed E-state index contributed by atoms with van der Waals surface area (Å²) in [6.07, 6.45) is 2.41. The molecule has 0 spiro atoms. The molecule has 0 bridgehead atoms. The molecule has 200 valence electrons. The molecule has 1 unspecified atom stereocenters. The second-order valence-electron chi connectivity index (χ2n) is 6.05. The molecule has 11 nitrogen and oxygen atoms in total. The number of aliphatic hydroxyl groups is 6. The number of ether oxygens (including phenoxy) is 5. The SMILES string of the molecule is CC(O)CCO.CCCCOCCOCCO.COCCOCCO.OCCOCCO. The van der Waals surface area contributed by atoms with Crippen LogP contribution in [0.2, 0.25) is 0 Å². The minimum Gasteiger partial charge on any atom is -0.396 e. The van der Waals surface area contributed by atoms with Crippen molar-refractivity contribution in [3.63, 3.8) is 0 Å². The molecule has 0 aliphatic carbocycles. The first-order chi connectivity index (χ1) is 15.5. The maximum Gasteiger partial charge on any atom is 0.0701 e. The standard InChI is InChI=1S/C8H18O3.C5H12O3.C4H10O3.C4H10O2/c1-2-3-5-10-7-8-11-6-4-9;1-7-4-5-8-3-2-6;5-1-3-7-4-2-6;1-4(6)2-3-5/h9H,2-8H2,1H3;6H,2-5H2,1H3;5-6H,1-4H2;4-6H,2-3H2,1H3. The quantitative estimate of drug-likeness (QED) is 0.128. The van der Waals surface area contributed by atoms with E-state index in [2.05, 4.69) is 16.4 Å². The van der Waals surface area contributed by atoms with Gasteiger partial charge in [0, 0.05) is 20.3 Å². The highest BCUT2D eigenvalue weighted by atomic mass is 16.5. The second kappa shape index (κ2) is 44.3. The second-order valence-corrected chi connectivity index (χ2v) is 6.05. The van der Waals surface area contributed by atoms with Gasteiger partial charge in [0.25, 0.3) is 0 Å². The van der Waals surface area contributed by atoms with Crippen LogP contribution in [0, 0.1) is 0 Å². The van der Waals surface area contributed by atoms with E-state index in [9.17, 15) is 0 Å². The molecule has 0 fully saturated rings. The number of hydrogen-bond donors (Lipinski definition) is 6. The molecule has 0 aromatic heterocycles. The van der Waals surface area contributed by atoms with Crippen molar-refractivity contribution in [1.82, 2.24) is 0 Å². The average Bonchev–Trinajstić information content (AvgIpc) is 2.78. The van der Waals surface area contributed by atoms with Crippen LogP contribution in [-0.4, -0.2) is 136 Å². The van der Waals surface area contributed by atoms with Crippen LogP contribution in [0.5, 0.6) is 0 Å². The molecule has 0 aromatic rings. The molecule has 0 aliphatic heterocycles. The van der Waals surface area contributed by atoms with Crippen molar-refractivity contribution < 1.29 is 54.3 Å². The molecule has 0 rings (SSSR count). The van der Waals surface area contributed by atoms with Crippen LogP contribution in [0.25, 0.3) is 0 Å². The fourth-order valence-electron chi connectivity index (χ4n) is 1.36. The largest absolute Gasteiger partial charge is 0.396 e. The van der Waals surface area contributed by atoms with Crippen molar-refractivity contribution in [2.45, 2.75) is 39.2 Å². The minimum absolute atomic E-state index is 0.0278. The molecular weight excluding hydrogens is 428 g/mol. The fraction of sp³-hybridized carbons (Fsp3) is 1.00. The lowest BCUT2D eigenvalue weighted by atomic mass is 10.3. The Bertz CT molecular complexity index is 242. The van der Waals surface area contributed by atoms with Gasteiger partial charge in [0.05, 0.1) is 85.4 Å². The van der Waals surface area contributed by atoms with Crippen molar-refractivity contribution in [1.29, 1.82) is 0 Å². The van der Waals surface area contributed by atoms with Gasteiger partial charge in [0.15, 0.2) is 0 Å². The summed E-state index contributed by atoms with van der Waals surface area (Å²) in [7, 11) is 1.61. The first-order valence-electron chi connectivity index (χ1n) is 11.0. The van der Waals surface area contributed by atoms with Crippen LogP contribution in [0.1, 0.15) is 33.1 Å². The highest BCUT2D eigenvalue weighted by molar-refractivity contribution is 4.40. The van der Waals surface area contributed by atoms with Crippen molar-refractivity contribution >= 4 is 0 Å². The molecule has 0 saturated heterocycles. The Morgan fingerprint density at radius 1 is 0.562 bits per heavy atom. The van der Waals surface area contributed by atoms with Crippen LogP contribution in [0.15, 0.2) is 0 Å². The van der Waals surface area contributed by atoms with E-state index in [4.69, 9.17) is 44.8 Å². The monoisotopic (exact) mass is 478 g/mol. The van der Waals surface area contributed by atoms with Crippen LogP contribution < -0.4 is 0 Å². The van der Waals surface area contributed by atoms with Gasteiger partial charge in [-0.05, 0) is 19.8 Å². The van der Waals surface area contributed by atoms with E-state index in [1.165, 1.54) is 0 Å². The van der Waals surface area contributed by atoms with E-state index >= 15 is 0 Å². The van der Waals surface area contributed by atoms with Crippen molar-refractivity contribution in [2.75, 3.05) is 99.6 Å². The van der Waals surface area contributed by atoms with Gasteiger partial charge < -0.3 is 54.3 Å². The molecule has 0 saturated carbocycles. The van der Waals surface area contributed by atoms with Gasteiger partial charge in [0.1, 0.15) is 0 Å². The summed E-state index contributed by atoms with van der Waals surface area (Å²) in [5, 5.41) is 49.2. The van der Waals surface area contributed by atoms with Gasteiger partial charge in [-0.1, -0.05) is 13.3 Å². The molecule has 0 amide bonds. The summed E-state index contributed by atoms with van der Waals surface area (Å²) in [4.78, 5) is 0. The predicted molar refractivity (Wildman–Crippen MR) is 122 cm³/mol. The van der Waals surface area contributed by atoms with Crippen molar-refractivity contribution in [3.05, 3.63) is 0 Å². The summed E-state index contributed by atoms with van der Waals surface area (Å²) in [5.41, 5.74) is 0. The maximum atomic E-state index is 8.39. The van der Waals surface area contributed by atoms with Gasteiger partial charge in [-0.3, -0.25) is 0 Å². The third-order valence-corrected chi connectivity index (χ3v) is 2.94. The van der Waals surface area contributed by atoms with Crippen LogP contribution in [0.4, 0.5) is 0 Å². The first-order valence-corrected chi connectivity index (χ1v) is 11.0. The lowest BCUT2D eigenvalue weighted by Gasteiger charge is -2.02. The Kier molecular flexibility index (Phi) is 53.7. The van der Waals surface area contributed by atoms with E-state index in [0.717, 1.165) is 19.4 Å². The van der Waals surface area contributed by atoms with E-state index in [1.807, 2.05) is 0 Å². The van der Waals surface area contributed by atoms with Gasteiger partial charge in [-0.25, -0.2) is 0 Å². The van der Waals surface area contributed by atoms with E-state index in [-0.39, 0.29) is 39.1 Å². The molecule has 0 aromatic carbocycles. The smallest absolute Gasteiger partial charge is 0.0701 e. The van der Waals surface area contributed by atoms with Crippen LogP contribution in [-0.2, 0) is 23.7 Å². The number of aliphatic hydroxyl groups excluding tert-OH is 6.